The normalized spacial score (nSPS) is 19.1. The number of rotatable bonds is 25. The van der Waals surface area contributed by atoms with Crippen molar-refractivity contribution >= 4 is 64.4 Å². The molecule has 4 N–H and O–H groups in total. The molecule has 1 aliphatic carbocycles. The number of carbonyl (C=O) groups excluding carboxylic acids is 2. The maximum atomic E-state index is 18.4. The Morgan fingerprint density at radius 3 is 1.58 bits per heavy atom. The number of H-pyrrole nitrogens is 1. The number of nitrogens with one attached hydrogen (secondary N) is 3. The monoisotopic (exact) mass is 1360 g/mol. The molecule has 99 heavy (non-hydrogen) atoms. The number of alkyl halides is 1. The van der Waals surface area contributed by atoms with Gasteiger partial charge in [-0.15, -0.1) is 0 Å². The van der Waals surface area contributed by atoms with Gasteiger partial charge in [0.05, 0.1) is 46.7 Å². The fourth-order valence-electron chi connectivity index (χ4n) is 13.3. The summed E-state index contributed by atoms with van der Waals surface area (Å²) in [6, 6.07) is 70.7. The maximum absolute atomic E-state index is 18.4. The maximum Gasteiger partial charge on any atom is 0.324 e. The van der Waals surface area contributed by atoms with E-state index in [1.165, 1.54) is 23.5 Å². The third-order valence-corrected chi connectivity index (χ3v) is 19.8. The van der Waals surface area contributed by atoms with E-state index in [-0.39, 0.29) is 53.9 Å². The predicted octanol–water partition coefficient (Wildman–Crippen LogP) is 12.5. The molecule has 1 saturated carbocycles. The van der Waals surface area contributed by atoms with E-state index < -0.39 is 77.8 Å². The van der Waals surface area contributed by atoms with Gasteiger partial charge in [0.25, 0.3) is 17.4 Å². The molecule has 2 aliphatic rings. The van der Waals surface area contributed by atoms with Crippen molar-refractivity contribution in [2.24, 2.45) is 11.8 Å². The summed E-state index contributed by atoms with van der Waals surface area (Å²) in [6.45, 7) is -5.08. The van der Waals surface area contributed by atoms with E-state index in [9.17, 15) is 19.3 Å². The number of hydrogen-bond acceptors (Lipinski definition) is 16. The minimum Gasteiger partial charge on any atom is -0.497 e. The third kappa shape index (κ3) is 13.2. The SMILES string of the molecule is COc1ccc(C(OC[C@H]2O[C@@H](n3cnc4c(NC(=O)c5ccccc5)ncnc43)[C@H](F)[C@@H]2OP(O)(=S)OC[C@H]2C[C@@H](n3cnc4c(=O)[nH]c(NC(=O)c5ccccc5)nc43)[C@@H]2COC(c2ccccc2)(c2ccccc2)c2ccccc2)(c2ccccc2)c2ccc(OC)cc2)cc1. The molecule has 0 radical (unpaired) electrons. The summed E-state index contributed by atoms with van der Waals surface area (Å²) in [5.74, 6) is -0.717. The second kappa shape index (κ2) is 28.5. The average Bonchev–Trinajstić information content (AvgIpc) is 1.73. The summed E-state index contributed by atoms with van der Waals surface area (Å²) in [5, 5.41) is 5.54. The topological polar surface area (TPSA) is 250 Å². The fraction of sp³-hybridized carbons (Fsp3) is 0.200. The second-order valence-corrected chi connectivity index (χ2v) is 26.7. The van der Waals surface area contributed by atoms with Crippen LogP contribution in [-0.2, 0) is 46.3 Å². The van der Waals surface area contributed by atoms with Crippen LogP contribution in [0.25, 0.3) is 22.3 Å². The molecule has 0 spiro atoms. The van der Waals surface area contributed by atoms with Gasteiger partial charge in [0.15, 0.2) is 40.5 Å². The Hall–Kier alpha value is -10.5. The summed E-state index contributed by atoms with van der Waals surface area (Å²) >= 11 is 5.98. The number of amides is 2. The number of hydrogen-bond donors (Lipinski definition) is 4. The minimum atomic E-state index is -4.53. The summed E-state index contributed by atoms with van der Waals surface area (Å²) in [4.78, 5) is 78.7. The van der Waals surface area contributed by atoms with Crippen LogP contribution in [0.5, 0.6) is 11.5 Å². The highest BCUT2D eigenvalue weighted by atomic mass is 32.5. The van der Waals surface area contributed by atoms with Crippen LogP contribution in [0, 0.1) is 11.8 Å². The van der Waals surface area contributed by atoms with Gasteiger partial charge in [0, 0.05) is 23.1 Å². The summed E-state index contributed by atoms with van der Waals surface area (Å²) in [7, 11) is 3.15. The zero-order valence-electron chi connectivity index (χ0n) is 53.4. The minimum absolute atomic E-state index is 0.0374. The first-order valence-corrected chi connectivity index (χ1v) is 34.5. The molecule has 5 heterocycles. The van der Waals surface area contributed by atoms with E-state index in [1.54, 1.807) is 79.5 Å². The van der Waals surface area contributed by atoms with E-state index >= 15 is 4.39 Å². The lowest BCUT2D eigenvalue weighted by molar-refractivity contribution is -0.0934. The number of fused-ring (bicyclic) bond motifs is 2. The molecular formula is C75H66FN10O11PS. The van der Waals surface area contributed by atoms with E-state index in [1.807, 2.05) is 170 Å². The highest BCUT2D eigenvalue weighted by molar-refractivity contribution is 8.07. The smallest absolute Gasteiger partial charge is 0.324 e. The van der Waals surface area contributed by atoms with E-state index in [0.717, 1.165) is 16.7 Å². The van der Waals surface area contributed by atoms with Gasteiger partial charge in [-0.1, -0.05) is 182 Å². The number of aromatic nitrogens is 8. The van der Waals surface area contributed by atoms with Gasteiger partial charge in [-0.2, -0.15) is 4.98 Å². The predicted molar refractivity (Wildman–Crippen MR) is 372 cm³/mol. The van der Waals surface area contributed by atoms with E-state index in [0.29, 0.717) is 45.7 Å². The molecule has 21 nitrogen and oxygen atoms in total. The van der Waals surface area contributed by atoms with Crippen molar-refractivity contribution in [3.05, 3.63) is 304 Å². The first-order valence-electron chi connectivity index (χ1n) is 32.0. The molecule has 2 amide bonds. The van der Waals surface area contributed by atoms with Crippen LogP contribution in [0.1, 0.15) is 72.8 Å². The number of aromatic amines is 1. The Labute approximate surface area is 572 Å². The number of methoxy groups -OCH3 is 2. The van der Waals surface area contributed by atoms with E-state index in [2.05, 4.69) is 35.6 Å². The number of carbonyl (C=O) groups is 2. The van der Waals surface area contributed by atoms with Gasteiger partial charge < -0.3 is 43.0 Å². The molecule has 0 bridgehead atoms. The molecule has 8 aromatic carbocycles. The lowest BCUT2D eigenvalue weighted by Gasteiger charge is -2.47. The molecule has 8 atom stereocenters. The van der Waals surface area contributed by atoms with Gasteiger partial charge in [-0.05, 0) is 106 Å². The van der Waals surface area contributed by atoms with Crippen LogP contribution in [0.3, 0.4) is 0 Å². The van der Waals surface area contributed by atoms with Crippen LogP contribution in [0.15, 0.2) is 254 Å². The average molecular weight is 1370 g/mol. The molecule has 2 fully saturated rings. The lowest BCUT2D eigenvalue weighted by Crippen LogP contribution is -2.46. The zero-order valence-corrected chi connectivity index (χ0v) is 55.1. The Morgan fingerprint density at radius 1 is 0.596 bits per heavy atom. The van der Waals surface area contributed by atoms with Crippen molar-refractivity contribution in [3.8, 4) is 11.5 Å². The number of anilines is 2. The van der Waals surface area contributed by atoms with Crippen molar-refractivity contribution in [1.29, 1.82) is 0 Å². The molecule has 1 aliphatic heterocycles. The molecule has 1 saturated heterocycles. The van der Waals surface area contributed by atoms with Crippen molar-refractivity contribution < 1.29 is 51.6 Å². The molecule has 14 rings (SSSR count). The van der Waals surface area contributed by atoms with Crippen molar-refractivity contribution in [1.82, 2.24) is 39.0 Å². The molecule has 1 unspecified atom stereocenters. The molecule has 500 valence electrons. The second-order valence-electron chi connectivity index (χ2n) is 23.9. The van der Waals surface area contributed by atoms with Gasteiger partial charge >= 0.3 is 6.72 Å². The van der Waals surface area contributed by atoms with Crippen molar-refractivity contribution in [2.45, 2.75) is 48.3 Å². The number of benzene rings is 8. The quantitative estimate of drug-likeness (QED) is 0.0307. The van der Waals surface area contributed by atoms with Crippen LogP contribution in [0.4, 0.5) is 16.2 Å². The van der Waals surface area contributed by atoms with Gasteiger partial charge in [0.1, 0.15) is 41.2 Å². The number of halogens is 1. The van der Waals surface area contributed by atoms with E-state index in [4.69, 9.17) is 49.5 Å². The number of ether oxygens (including phenoxy) is 5. The molecular weight excluding hydrogens is 1300 g/mol. The molecule has 24 heteroatoms. The largest absolute Gasteiger partial charge is 0.497 e. The fourth-order valence-corrected chi connectivity index (χ4v) is 14.7. The van der Waals surface area contributed by atoms with Crippen molar-refractivity contribution in [3.63, 3.8) is 0 Å². The Kier molecular flexibility index (Phi) is 19.0. The van der Waals surface area contributed by atoms with Crippen LogP contribution in [-0.4, -0.2) is 108 Å². The molecule has 4 aromatic heterocycles. The van der Waals surface area contributed by atoms with Crippen molar-refractivity contribution in [2.75, 3.05) is 44.7 Å². The lowest BCUT2D eigenvalue weighted by atomic mass is 9.69. The van der Waals surface area contributed by atoms with Crippen LogP contribution >= 0.6 is 6.72 Å². The Morgan fingerprint density at radius 2 is 1.06 bits per heavy atom. The summed E-state index contributed by atoms with van der Waals surface area (Å²) in [5.41, 5.74) is 2.63. The number of imidazole rings is 2. The van der Waals surface area contributed by atoms with Gasteiger partial charge in [-0.3, -0.25) is 33.8 Å². The third-order valence-electron chi connectivity index (χ3n) is 18.2. The summed E-state index contributed by atoms with van der Waals surface area (Å²) < 4.78 is 67.3. The Balaban J connectivity index is 0.810. The molecule has 12 aromatic rings. The van der Waals surface area contributed by atoms with Crippen LogP contribution in [0.2, 0.25) is 0 Å². The van der Waals surface area contributed by atoms with Gasteiger partial charge in [-0.25, -0.2) is 24.3 Å². The number of nitrogens with zero attached hydrogens (tertiary/aromatic N) is 7. The highest BCUT2D eigenvalue weighted by Crippen LogP contribution is 2.55. The summed E-state index contributed by atoms with van der Waals surface area (Å²) in [6.07, 6.45) is -2.25. The zero-order chi connectivity index (χ0) is 68.1. The highest BCUT2D eigenvalue weighted by Gasteiger charge is 2.53. The standard InChI is InChI=1S/C75H66FN10O11PS/c1-91-57-37-33-55(34-38-57)75(54-31-19-8-20-32-54,56-35-39-58(92-2)40-36-56)94-44-61-65(62(76)72(96-61)86-47-79-63-66(77-45-78-67(63)86)81-69(87)48-21-9-3-10-22-48)97-98(90,99)95-42-50-41-60(85-46-80-64-68(85)82-73(84-71(64)89)83-70(88)49-23-11-4-12-24-49)59(50)43-93-74(51-25-13-5-14-26-51,52-27-15-6-16-28-52)53-29-17-7-18-30-53/h3-40,45-47,50,59-62,65,72H,41-44H2,1-2H3,(H,90,99)(H,77,78,81,87)(H2,82,83,84,88,89)/t50-,59-,60-,61-,62-,65-,72-,98?/m1/s1. The van der Waals surface area contributed by atoms with Crippen LogP contribution < -0.4 is 25.7 Å². The first-order chi connectivity index (χ1) is 48.3. The Bertz CT molecular complexity index is 4750. The van der Waals surface area contributed by atoms with Gasteiger partial charge in [0.2, 0.25) is 5.95 Å². The first kappa shape index (κ1) is 65.8.